The van der Waals surface area contributed by atoms with Gasteiger partial charge < -0.3 is 5.32 Å². The van der Waals surface area contributed by atoms with E-state index in [9.17, 15) is 8.42 Å². The highest BCUT2D eigenvalue weighted by Gasteiger charge is 2.26. The summed E-state index contributed by atoms with van der Waals surface area (Å²) < 4.78 is 27.7. The lowest BCUT2D eigenvalue weighted by Crippen LogP contribution is -2.33. The fourth-order valence-corrected chi connectivity index (χ4v) is 4.36. The molecule has 1 aliphatic carbocycles. The summed E-state index contributed by atoms with van der Waals surface area (Å²) in [7, 11) is -1.83. The van der Waals surface area contributed by atoms with Gasteiger partial charge in [0, 0.05) is 30.1 Å². The van der Waals surface area contributed by atoms with Gasteiger partial charge in [-0.15, -0.1) is 0 Å². The van der Waals surface area contributed by atoms with Gasteiger partial charge in [-0.05, 0) is 56.9 Å². The van der Waals surface area contributed by atoms with Crippen molar-refractivity contribution < 1.29 is 8.42 Å². The van der Waals surface area contributed by atoms with Gasteiger partial charge in [-0.2, -0.15) is 4.31 Å². The molecule has 1 fully saturated rings. The maximum absolute atomic E-state index is 12.7. The van der Waals surface area contributed by atoms with Crippen LogP contribution < -0.4 is 5.32 Å². The van der Waals surface area contributed by atoms with Gasteiger partial charge in [-0.25, -0.2) is 8.42 Å². The number of halogens is 1. The van der Waals surface area contributed by atoms with E-state index >= 15 is 0 Å². The van der Waals surface area contributed by atoms with E-state index in [-0.39, 0.29) is 6.04 Å². The van der Waals surface area contributed by atoms with Crippen molar-refractivity contribution in [3.05, 3.63) is 27.7 Å². The first-order valence-electron chi connectivity index (χ1n) is 7.24. The van der Waals surface area contributed by atoms with Crippen LogP contribution in [-0.2, 0) is 16.6 Å². The molecule has 1 aromatic rings. The first-order chi connectivity index (χ1) is 9.73. The highest BCUT2D eigenvalue weighted by Crippen LogP contribution is 2.29. The Morgan fingerprint density at radius 2 is 2.00 bits per heavy atom. The number of rotatable bonds is 6. The largest absolute Gasteiger partial charge is 0.310 e. The van der Waals surface area contributed by atoms with Crippen molar-refractivity contribution in [1.29, 1.82) is 0 Å². The molecule has 1 aliphatic rings. The molecule has 2 rings (SSSR count). The van der Waals surface area contributed by atoms with E-state index in [1.54, 1.807) is 13.1 Å². The molecule has 0 atom stereocenters. The summed E-state index contributed by atoms with van der Waals surface area (Å²) in [6.07, 6.45) is 2.43. The first-order valence-corrected chi connectivity index (χ1v) is 9.47. The minimum absolute atomic E-state index is 0.0681. The zero-order chi connectivity index (χ0) is 15.8. The minimum Gasteiger partial charge on any atom is -0.310 e. The van der Waals surface area contributed by atoms with Crippen LogP contribution in [-0.4, -0.2) is 31.9 Å². The summed E-state index contributed by atoms with van der Waals surface area (Å²) in [5.41, 5.74) is 1.76. The van der Waals surface area contributed by atoms with Crippen LogP contribution in [0.2, 0.25) is 0 Å². The SMILES string of the molecule is Cc1c(Br)cc(CNC2CC2)cc1S(=O)(=O)N(C)C(C)C. The maximum Gasteiger partial charge on any atom is 0.243 e. The van der Waals surface area contributed by atoms with Crippen LogP contribution in [0.5, 0.6) is 0 Å². The quantitative estimate of drug-likeness (QED) is 0.832. The van der Waals surface area contributed by atoms with Gasteiger partial charge in [-0.1, -0.05) is 15.9 Å². The molecule has 0 saturated heterocycles. The van der Waals surface area contributed by atoms with E-state index in [0.29, 0.717) is 17.5 Å². The molecule has 0 amide bonds. The topological polar surface area (TPSA) is 49.4 Å². The van der Waals surface area contributed by atoms with Crippen LogP contribution in [0, 0.1) is 6.92 Å². The van der Waals surface area contributed by atoms with Gasteiger partial charge in [-0.3, -0.25) is 0 Å². The van der Waals surface area contributed by atoms with E-state index < -0.39 is 10.0 Å². The molecule has 0 spiro atoms. The lowest BCUT2D eigenvalue weighted by molar-refractivity contribution is 0.410. The maximum atomic E-state index is 12.7. The number of nitrogens with one attached hydrogen (secondary N) is 1. The third-order valence-electron chi connectivity index (χ3n) is 3.91. The Labute approximate surface area is 136 Å². The normalized spacial score (nSPS) is 16.0. The van der Waals surface area contributed by atoms with Crippen molar-refractivity contribution in [1.82, 2.24) is 9.62 Å². The van der Waals surface area contributed by atoms with Gasteiger partial charge in [0.05, 0.1) is 4.90 Å². The Hall–Kier alpha value is -0.430. The Morgan fingerprint density at radius 3 is 2.52 bits per heavy atom. The van der Waals surface area contributed by atoms with Crippen molar-refractivity contribution in [2.24, 2.45) is 0 Å². The number of benzene rings is 1. The van der Waals surface area contributed by atoms with Crippen molar-refractivity contribution in [2.75, 3.05) is 7.05 Å². The third-order valence-corrected chi connectivity index (χ3v) is 6.90. The summed E-state index contributed by atoms with van der Waals surface area (Å²) in [4.78, 5) is 0.390. The van der Waals surface area contributed by atoms with E-state index in [4.69, 9.17) is 0 Å². The van der Waals surface area contributed by atoms with E-state index in [1.165, 1.54) is 17.1 Å². The molecular formula is C15H23BrN2O2S. The second kappa shape index (κ2) is 6.36. The molecule has 0 radical (unpaired) electrons. The zero-order valence-electron chi connectivity index (χ0n) is 13.0. The molecular weight excluding hydrogens is 352 g/mol. The molecule has 118 valence electrons. The van der Waals surface area contributed by atoms with Gasteiger partial charge in [0.1, 0.15) is 0 Å². The Morgan fingerprint density at radius 1 is 1.38 bits per heavy atom. The van der Waals surface area contributed by atoms with E-state index in [0.717, 1.165) is 15.6 Å². The van der Waals surface area contributed by atoms with Crippen molar-refractivity contribution >= 4 is 26.0 Å². The average Bonchev–Trinajstić information content (AvgIpc) is 3.22. The Kier molecular flexibility index (Phi) is 5.13. The van der Waals surface area contributed by atoms with Crippen LogP contribution in [0.3, 0.4) is 0 Å². The monoisotopic (exact) mass is 374 g/mol. The molecule has 4 nitrogen and oxygen atoms in total. The number of nitrogens with zero attached hydrogens (tertiary/aromatic N) is 1. The second-order valence-electron chi connectivity index (χ2n) is 5.97. The van der Waals surface area contributed by atoms with Gasteiger partial charge in [0.25, 0.3) is 0 Å². The summed E-state index contributed by atoms with van der Waals surface area (Å²) >= 11 is 3.49. The molecule has 0 aromatic heterocycles. The molecule has 0 aliphatic heterocycles. The predicted octanol–water partition coefficient (Wildman–Crippen LogP) is 3.04. The number of hydrogen-bond acceptors (Lipinski definition) is 3. The van der Waals surface area contributed by atoms with Crippen LogP contribution in [0.25, 0.3) is 0 Å². The van der Waals surface area contributed by atoms with Gasteiger partial charge in [0.2, 0.25) is 10.0 Å². The predicted molar refractivity (Wildman–Crippen MR) is 88.8 cm³/mol. The molecule has 1 aromatic carbocycles. The molecule has 0 unspecified atom stereocenters. The van der Waals surface area contributed by atoms with E-state index in [2.05, 4.69) is 21.2 Å². The summed E-state index contributed by atoms with van der Waals surface area (Å²) in [5, 5.41) is 3.42. The first kappa shape index (κ1) is 16.9. The lowest BCUT2D eigenvalue weighted by Gasteiger charge is -2.23. The molecule has 0 heterocycles. The fraction of sp³-hybridized carbons (Fsp3) is 0.600. The number of sulfonamides is 1. The molecule has 21 heavy (non-hydrogen) atoms. The number of hydrogen-bond donors (Lipinski definition) is 1. The Bertz CT molecular complexity index is 625. The van der Waals surface area contributed by atoms with Crippen LogP contribution in [0.15, 0.2) is 21.5 Å². The van der Waals surface area contributed by atoms with Crippen LogP contribution >= 0.6 is 15.9 Å². The minimum atomic E-state index is -3.46. The van der Waals surface area contributed by atoms with Crippen molar-refractivity contribution in [3.63, 3.8) is 0 Å². The average molecular weight is 375 g/mol. The summed E-state index contributed by atoms with van der Waals surface area (Å²) in [6, 6.07) is 4.33. The van der Waals surface area contributed by atoms with Crippen LogP contribution in [0.4, 0.5) is 0 Å². The highest BCUT2D eigenvalue weighted by atomic mass is 79.9. The third kappa shape index (κ3) is 3.86. The van der Waals surface area contributed by atoms with E-state index in [1.807, 2.05) is 26.8 Å². The van der Waals surface area contributed by atoms with Gasteiger partial charge in [0.15, 0.2) is 0 Å². The molecule has 0 bridgehead atoms. The summed E-state index contributed by atoms with van der Waals surface area (Å²) in [6.45, 7) is 6.29. The smallest absolute Gasteiger partial charge is 0.243 e. The lowest BCUT2D eigenvalue weighted by atomic mass is 10.1. The summed E-state index contributed by atoms with van der Waals surface area (Å²) in [5.74, 6) is 0. The van der Waals surface area contributed by atoms with Crippen LogP contribution in [0.1, 0.15) is 37.8 Å². The zero-order valence-corrected chi connectivity index (χ0v) is 15.4. The fourth-order valence-electron chi connectivity index (χ4n) is 2.06. The molecule has 1 saturated carbocycles. The van der Waals surface area contributed by atoms with Gasteiger partial charge >= 0.3 is 0 Å². The molecule has 6 heteroatoms. The standard InChI is InChI=1S/C15H23BrN2O2S/c1-10(2)18(4)21(19,20)15-8-12(7-14(16)11(15)3)9-17-13-5-6-13/h7-8,10,13,17H,5-6,9H2,1-4H3. The Balaban J connectivity index is 2.36. The second-order valence-corrected chi connectivity index (χ2v) is 8.79. The molecule has 1 N–H and O–H groups in total. The van der Waals surface area contributed by atoms with Crippen molar-refractivity contribution in [2.45, 2.75) is 57.1 Å². The highest BCUT2D eigenvalue weighted by molar-refractivity contribution is 9.10. The van der Waals surface area contributed by atoms with Crippen molar-refractivity contribution in [3.8, 4) is 0 Å².